The van der Waals surface area contributed by atoms with Crippen molar-refractivity contribution >= 4 is 5.78 Å². The van der Waals surface area contributed by atoms with Crippen LogP contribution in [0.25, 0.3) is 0 Å². The minimum Gasteiger partial charge on any atom is -0.472 e. The Kier molecular flexibility index (Phi) is 3.40. The average molecular weight is 229 g/mol. The molecule has 2 N–H and O–H groups in total. The Balaban J connectivity index is 2.15. The maximum Gasteiger partial charge on any atom is 0.170 e. The van der Waals surface area contributed by atoms with Gasteiger partial charge in [0.25, 0.3) is 0 Å². The van der Waals surface area contributed by atoms with Gasteiger partial charge in [0, 0.05) is 12.0 Å². The van der Waals surface area contributed by atoms with E-state index in [0.717, 1.165) is 5.56 Å². The molecule has 0 spiro atoms. The average Bonchev–Trinajstić information content (AvgIpc) is 2.91. The van der Waals surface area contributed by atoms with Gasteiger partial charge in [-0.05, 0) is 11.6 Å². The summed E-state index contributed by atoms with van der Waals surface area (Å²) in [5.74, 6) is -0.259. The second kappa shape index (κ2) is 4.97. The fraction of sp³-hybridized carbons (Fsp3) is 0.214. The molecule has 0 fully saturated rings. The van der Waals surface area contributed by atoms with Crippen LogP contribution in [0.15, 0.2) is 53.3 Å². The van der Waals surface area contributed by atoms with Gasteiger partial charge in [-0.25, -0.2) is 0 Å². The molecule has 0 aliphatic heterocycles. The summed E-state index contributed by atoms with van der Waals surface area (Å²) in [7, 11) is 0. The number of furan rings is 1. The van der Waals surface area contributed by atoms with E-state index in [4.69, 9.17) is 10.2 Å². The zero-order chi connectivity index (χ0) is 12.3. The molecule has 1 aromatic carbocycles. The molecular weight excluding hydrogens is 214 g/mol. The van der Waals surface area contributed by atoms with Gasteiger partial charge in [-0.3, -0.25) is 4.79 Å². The Hall–Kier alpha value is -1.87. The van der Waals surface area contributed by atoms with Gasteiger partial charge in [-0.2, -0.15) is 0 Å². The number of hydrogen-bond donors (Lipinski definition) is 1. The number of hydrogen-bond acceptors (Lipinski definition) is 3. The van der Waals surface area contributed by atoms with Gasteiger partial charge in [0.15, 0.2) is 5.78 Å². The van der Waals surface area contributed by atoms with Crippen LogP contribution in [0.2, 0.25) is 0 Å². The van der Waals surface area contributed by atoms with E-state index in [-0.39, 0.29) is 17.7 Å². The van der Waals surface area contributed by atoms with Crippen molar-refractivity contribution in [2.75, 3.05) is 0 Å². The first-order valence-corrected chi connectivity index (χ1v) is 5.57. The molecule has 2 atom stereocenters. The van der Waals surface area contributed by atoms with E-state index >= 15 is 0 Å². The molecule has 0 saturated carbocycles. The predicted molar refractivity (Wildman–Crippen MR) is 65.6 cm³/mol. The Morgan fingerprint density at radius 2 is 1.94 bits per heavy atom. The fourth-order valence-corrected chi connectivity index (χ4v) is 1.79. The van der Waals surface area contributed by atoms with Crippen molar-refractivity contribution < 1.29 is 9.21 Å². The number of rotatable bonds is 4. The quantitative estimate of drug-likeness (QED) is 0.820. The molecule has 3 heteroatoms. The monoisotopic (exact) mass is 229 g/mol. The lowest BCUT2D eigenvalue weighted by atomic mass is 9.89. The summed E-state index contributed by atoms with van der Waals surface area (Å²) in [5, 5.41) is 0. The van der Waals surface area contributed by atoms with Crippen LogP contribution in [-0.4, -0.2) is 5.78 Å². The maximum atomic E-state index is 12.1. The van der Waals surface area contributed by atoms with E-state index in [1.807, 2.05) is 37.3 Å². The van der Waals surface area contributed by atoms with E-state index in [1.54, 1.807) is 6.07 Å². The highest BCUT2D eigenvalue weighted by Crippen LogP contribution is 2.22. The van der Waals surface area contributed by atoms with Gasteiger partial charge in [-0.1, -0.05) is 37.3 Å². The van der Waals surface area contributed by atoms with Crippen molar-refractivity contribution in [3.05, 3.63) is 60.1 Å². The second-order valence-corrected chi connectivity index (χ2v) is 4.10. The summed E-state index contributed by atoms with van der Waals surface area (Å²) >= 11 is 0. The van der Waals surface area contributed by atoms with Gasteiger partial charge in [-0.15, -0.1) is 0 Å². The zero-order valence-electron chi connectivity index (χ0n) is 9.67. The third-order valence-electron chi connectivity index (χ3n) is 2.94. The van der Waals surface area contributed by atoms with E-state index in [2.05, 4.69) is 0 Å². The Morgan fingerprint density at radius 3 is 2.53 bits per heavy atom. The normalized spacial score (nSPS) is 14.2. The van der Waals surface area contributed by atoms with Crippen molar-refractivity contribution in [2.45, 2.75) is 13.0 Å². The summed E-state index contributed by atoms with van der Waals surface area (Å²) in [6, 6.07) is 11.0. The van der Waals surface area contributed by atoms with Crippen LogP contribution in [0.1, 0.15) is 28.9 Å². The molecule has 0 radical (unpaired) electrons. The number of ketones is 1. The first-order valence-electron chi connectivity index (χ1n) is 5.57. The van der Waals surface area contributed by atoms with Crippen LogP contribution >= 0.6 is 0 Å². The summed E-state index contributed by atoms with van der Waals surface area (Å²) in [4.78, 5) is 12.1. The SMILES string of the molecule is CC(C(=O)c1ccoc1)C(N)c1ccccc1. The molecule has 1 aromatic heterocycles. The molecular formula is C14H15NO2. The zero-order valence-corrected chi connectivity index (χ0v) is 9.67. The lowest BCUT2D eigenvalue weighted by Crippen LogP contribution is -2.25. The molecule has 0 saturated heterocycles. The van der Waals surface area contributed by atoms with Gasteiger partial charge >= 0.3 is 0 Å². The first kappa shape index (κ1) is 11.6. The van der Waals surface area contributed by atoms with Gasteiger partial charge in [0.2, 0.25) is 0 Å². The fourth-order valence-electron chi connectivity index (χ4n) is 1.79. The predicted octanol–water partition coefficient (Wildman–Crippen LogP) is 2.80. The molecule has 88 valence electrons. The highest BCUT2D eigenvalue weighted by atomic mass is 16.3. The third-order valence-corrected chi connectivity index (χ3v) is 2.94. The van der Waals surface area contributed by atoms with Gasteiger partial charge in [0.1, 0.15) is 6.26 Å². The minimum atomic E-state index is -0.293. The number of nitrogens with two attached hydrogens (primary N) is 1. The number of carbonyl (C=O) groups excluding carboxylic acids is 1. The highest BCUT2D eigenvalue weighted by molar-refractivity contribution is 5.97. The Morgan fingerprint density at radius 1 is 1.24 bits per heavy atom. The molecule has 3 nitrogen and oxygen atoms in total. The van der Waals surface area contributed by atoms with Crippen molar-refractivity contribution in [3.63, 3.8) is 0 Å². The lowest BCUT2D eigenvalue weighted by molar-refractivity contribution is 0.0912. The molecule has 17 heavy (non-hydrogen) atoms. The number of benzene rings is 1. The van der Waals surface area contributed by atoms with E-state index < -0.39 is 0 Å². The minimum absolute atomic E-state index is 0.00935. The van der Waals surface area contributed by atoms with Crippen molar-refractivity contribution in [1.29, 1.82) is 0 Å². The van der Waals surface area contributed by atoms with Crippen molar-refractivity contribution in [1.82, 2.24) is 0 Å². The summed E-state index contributed by atoms with van der Waals surface area (Å²) in [6.45, 7) is 1.84. The van der Waals surface area contributed by atoms with E-state index in [1.165, 1.54) is 12.5 Å². The molecule has 1 heterocycles. The van der Waals surface area contributed by atoms with Crippen molar-refractivity contribution in [2.24, 2.45) is 11.7 Å². The Labute approximate surface area is 100 Å². The first-order chi connectivity index (χ1) is 8.20. The largest absolute Gasteiger partial charge is 0.472 e. The van der Waals surface area contributed by atoms with Gasteiger partial charge in [0.05, 0.1) is 11.8 Å². The number of carbonyl (C=O) groups is 1. The van der Waals surface area contributed by atoms with Crippen LogP contribution in [0.4, 0.5) is 0 Å². The molecule has 0 bridgehead atoms. The van der Waals surface area contributed by atoms with E-state index in [0.29, 0.717) is 5.56 Å². The molecule has 0 amide bonds. The maximum absolute atomic E-state index is 12.1. The number of Topliss-reactive ketones (excluding diaryl/α,β-unsaturated/α-hetero) is 1. The van der Waals surface area contributed by atoms with Crippen LogP contribution in [0, 0.1) is 5.92 Å². The highest BCUT2D eigenvalue weighted by Gasteiger charge is 2.23. The molecule has 0 aliphatic carbocycles. The van der Waals surface area contributed by atoms with E-state index in [9.17, 15) is 4.79 Å². The van der Waals surface area contributed by atoms with Crippen molar-refractivity contribution in [3.8, 4) is 0 Å². The summed E-state index contributed by atoms with van der Waals surface area (Å²) < 4.78 is 4.91. The molecule has 2 unspecified atom stereocenters. The lowest BCUT2D eigenvalue weighted by Gasteiger charge is -2.18. The second-order valence-electron chi connectivity index (χ2n) is 4.10. The third kappa shape index (κ3) is 2.45. The summed E-state index contributed by atoms with van der Waals surface area (Å²) in [6.07, 6.45) is 2.95. The standard InChI is InChI=1S/C14H15NO2/c1-10(14(16)12-7-8-17-9-12)13(15)11-5-3-2-4-6-11/h2-10,13H,15H2,1H3. The van der Waals surface area contributed by atoms with Crippen LogP contribution < -0.4 is 5.73 Å². The molecule has 2 rings (SSSR count). The molecule has 2 aromatic rings. The van der Waals surface area contributed by atoms with Crippen LogP contribution in [0.5, 0.6) is 0 Å². The Bertz CT molecular complexity index is 476. The summed E-state index contributed by atoms with van der Waals surface area (Å²) in [5.41, 5.74) is 7.64. The smallest absolute Gasteiger partial charge is 0.170 e. The van der Waals surface area contributed by atoms with Crippen LogP contribution in [0.3, 0.4) is 0 Å². The molecule has 0 aliphatic rings. The van der Waals surface area contributed by atoms with Crippen LogP contribution in [-0.2, 0) is 0 Å². The topological polar surface area (TPSA) is 56.2 Å². The van der Waals surface area contributed by atoms with Gasteiger partial charge < -0.3 is 10.2 Å².